The molecule has 1 N–H and O–H groups in total. The van der Waals surface area contributed by atoms with E-state index in [2.05, 4.69) is 25.6 Å². The van der Waals surface area contributed by atoms with E-state index in [0.29, 0.717) is 22.7 Å². The molecule has 0 atom stereocenters. The Labute approximate surface area is 182 Å². The topological polar surface area (TPSA) is 107 Å². The molecule has 0 bridgehead atoms. The normalized spacial score (nSPS) is 10.9. The van der Waals surface area contributed by atoms with Gasteiger partial charge in [-0.1, -0.05) is 42.5 Å². The van der Waals surface area contributed by atoms with E-state index in [1.54, 1.807) is 10.6 Å². The molecule has 0 fully saturated rings. The molecule has 0 saturated carbocycles. The molecule has 32 heavy (non-hydrogen) atoms. The largest absolute Gasteiger partial charge is 0.325 e. The first-order chi connectivity index (χ1) is 15.7. The molecular formula is C23H17N7O2. The van der Waals surface area contributed by atoms with Crippen molar-refractivity contribution >= 4 is 17.2 Å². The Morgan fingerprint density at radius 2 is 1.72 bits per heavy atom. The first-order valence-corrected chi connectivity index (χ1v) is 9.85. The van der Waals surface area contributed by atoms with E-state index in [-0.39, 0.29) is 18.0 Å². The molecule has 9 nitrogen and oxygen atoms in total. The summed E-state index contributed by atoms with van der Waals surface area (Å²) in [6.45, 7) is -0.143. The summed E-state index contributed by atoms with van der Waals surface area (Å²) < 4.78 is 2.85. The van der Waals surface area contributed by atoms with Crippen LogP contribution in [0.15, 0.2) is 90.2 Å². The summed E-state index contributed by atoms with van der Waals surface area (Å²) in [5.41, 5.74) is 3.90. The van der Waals surface area contributed by atoms with E-state index in [9.17, 15) is 9.59 Å². The van der Waals surface area contributed by atoms with E-state index >= 15 is 0 Å². The van der Waals surface area contributed by atoms with Gasteiger partial charge >= 0.3 is 0 Å². The van der Waals surface area contributed by atoms with Crippen LogP contribution < -0.4 is 10.9 Å². The highest BCUT2D eigenvalue weighted by molar-refractivity contribution is 5.91. The van der Waals surface area contributed by atoms with Crippen LogP contribution in [0, 0.1) is 0 Å². The van der Waals surface area contributed by atoms with Crippen molar-refractivity contribution in [2.24, 2.45) is 0 Å². The van der Waals surface area contributed by atoms with Gasteiger partial charge in [0.1, 0.15) is 12.9 Å². The summed E-state index contributed by atoms with van der Waals surface area (Å²) in [4.78, 5) is 29.3. The predicted octanol–water partition coefficient (Wildman–Crippen LogP) is 2.65. The third-order valence-electron chi connectivity index (χ3n) is 4.87. The lowest BCUT2D eigenvalue weighted by molar-refractivity contribution is -0.116. The van der Waals surface area contributed by atoms with Gasteiger partial charge in [0.05, 0.1) is 17.7 Å². The Bertz CT molecular complexity index is 1470. The van der Waals surface area contributed by atoms with Crippen molar-refractivity contribution in [2.75, 3.05) is 5.32 Å². The number of anilines is 1. The van der Waals surface area contributed by atoms with Crippen molar-refractivity contribution in [1.82, 2.24) is 29.4 Å². The lowest BCUT2D eigenvalue weighted by Gasteiger charge is -2.09. The Kier molecular flexibility index (Phi) is 4.97. The quantitative estimate of drug-likeness (QED) is 0.466. The van der Waals surface area contributed by atoms with Gasteiger partial charge in [-0.25, -0.2) is 4.98 Å². The van der Waals surface area contributed by atoms with Crippen molar-refractivity contribution in [3.8, 4) is 22.5 Å². The molecule has 0 unspecified atom stereocenters. The maximum Gasteiger partial charge on any atom is 0.254 e. The van der Waals surface area contributed by atoms with Crippen LogP contribution in [0.4, 0.5) is 5.69 Å². The van der Waals surface area contributed by atoms with Crippen LogP contribution >= 0.6 is 0 Å². The number of aromatic nitrogens is 6. The van der Waals surface area contributed by atoms with Gasteiger partial charge in [0.25, 0.3) is 5.56 Å². The average molecular weight is 423 g/mol. The molecule has 5 aromatic rings. The lowest BCUT2D eigenvalue weighted by atomic mass is 10.1. The minimum Gasteiger partial charge on any atom is -0.325 e. The summed E-state index contributed by atoms with van der Waals surface area (Å²) in [7, 11) is 0. The molecule has 3 heterocycles. The number of carbonyl (C=O) groups is 1. The zero-order chi connectivity index (χ0) is 21.9. The zero-order valence-electron chi connectivity index (χ0n) is 16.8. The number of hydrogen-bond donors (Lipinski definition) is 1. The highest BCUT2D eigenvalue weighted by Crippen LogP contribution is 2.21. The Morgan fingerprint density at radius 3 is 2.56 bits per heavy atom. The summed E-state index contributed by atoms with van der Waals surface area (Å²) >= 11 is 0. The van der Waals surface area contributed by atoms with Crippen LogP contribution in [0.1, 0.15) is 0 Å². The number of nitrogens with one attached hydrogen (secondary N) is 1. The van der Waals surface area contributed by atoms with Crippen LogP contribution in [0.2, 0.25) is 0 Å². The van der Waals surface area contributed by atoms with Crippen LogP contribution in [-0.4, -0.2) is 35.3 Å². The smallest absolute Gasteiger partial charge is 0.254 e. The predicted molar refractivity (Wildman–Crippen MR) is 119 cm³/mol. The van der Waals surface area contributed by atoms with Gasteiger partial charge in [0.2, 0.25) is 5.91 Å². The van der Waals surface area contributed by atoms with Crippen molar-refractivity contribution in [3.05, 3.63) is 95.8 Å². The summed E-state index contributed by atoms with van der Waals surface area (Å²) in [6, 6.07) is 21.8. The van der Waals surface area contributed by atoms with Crippen molar-refractivity contribution in [2.45, 2.75) is 6.54 Å². The summed E-state index contributed by atoms with van der Waals surface area (Å²) in [5, 5.41) is 15.0. The van der Waals surface area contributed by atoms with E-state index in [4.69, 9.17) is 0 Å². The fraction of sp³-hybridized carbons (Fsp3) is 0.0435. The molecule has 0 radical (unpaired) electrons. The minimum absolute atomic E-state index is 0.143. The van der Waals surface area contributed by atoms with Gasteiger partial charge in [-0.2, -0.15) is 9.61 Å². The second kappa shape index (κ2) is 8.23. The van der Waals surface area contributed by atoms with Crippen molar-refractivity contribution in [1.29, 1.82) is 0 Å². The number of rotatable bonds is 5. The van der Waals surface area contributed by atoms with Crippen molar-refractivity contribution in [3.63, 3.8) is 0 Å². The number of hydrogen-bond acceptors (Lipinski definition) is 6. The number of carbonyl (C=O) groups excluding carboxylic acids is 1. The molecule has 5 rings (SSSR count). The number of benzene rings is 2. The van der Waals surface area contributed by atoms with Gasteiger partial charge in [-0.3, -0.25) is 14.2 Å². The summed E-state index contributed by atoms with van der Waals surface area (Å²) in [6.07, 6.45) is 2.91. The van der Waals surface area contributed by atoms with Crippen LogP contribution in [0.3, 0.4) is 0 Å². The molecule has 1 amide bonds. The molecule has 0 saturated heterocycles. The zero-order valence-corrected chi connectivity index (χ0v) is 16.8. The van der Waals surface area contributed by atoms with Crippen molar-refractivity contribution < 1.29 is 4.79 Å². The van der Waals surface area contributed by atoms with E-state index < -0.39 is 0 Å². The highest BCUT2D eigenvalue weighted by atomic mass is 16.2. The van der Waals surface area contributed by atoms with Gasteiger partial charge in [0.15, 0.2) is 5.65 Å². The molecule has 0 spiro atoms. The van der Waals surface area contributed by atoms with Crippen LogP contribution in [0.5, 0.6) is 0 Å². The minimum atomic E-state index is -0.333. The molecule has 3 aromatic heterocycles. The van der Waals surface area contributed by atoms with Crippen LogP contribution in [-0.2, 0) is 11.3 Å². The fourth-order valence-electron chi connectivity index (χ4n) is 3.31. The number of fused-ring (bicyclic) bond motifs is 1. The molecule has 0 aliphatic carbocycles. The van der Waals surface area contributed by atoms with E-state index in [1.165, 1.54) is 23.3 Å². The third kappa shape index (κ3) is 3.99. The molecular weight excluding hydrogens is 406 g/mol. The second-order valence-corrected chi connectivity index (χ2v) is 7.09. The molecule has 2 aromatic carbocycles. The fourth-order valence-corrected chi connectivity index (χ4v) is 3.31. The molecule has 156 valence electrons. The highest BCUT2D eigenvalue weighted by Gasteiger charge is 2.09. The standard InChI is InChI=1S/C23H17N7O2/c31-22(13-29-14-24-20(12-23(29)32)16-5-2-1-3-6-16)26-18-8-4-7-17(11-18)19-9-10-21-27-25-15-30(21)28-19/h1-12,14-15H,13H2,(H,26,31). The Morgan fingerprint density at radius 1 is 0.875 bits per heavy atom. The molecule has 9 heteroatoms. The van der Waals surface area contributed by atoms with Gasteiger partial charge in [-0.05, 0) is 24.3 Å². The number of amides is 1. The van der Waals surface area contributed by atoms with Gasteiger partial charge in [-0.15, -0.1) is 10.2 Å². The maximum atomic E-state index is 12.5. The lowest BCUT2D eigenvalue weighted by Crippen LogP contribution is -2.27. The summed E-state index contributed by atoms with van der Waals surface area (Å²) in [5.74, 6) is -0.333. The first kappa shape index (κ1) is 19.3. The third-order valence-corrected chi connectivity index (χ3v) is 4.87. The van der Waals surface area contributed by atoms with Gasteiger partial charge < -0.3 is 5.32 Å². The molecule has 0 aliphatic heterocycles. The van der Waals surface area contributed by atoms with E-state index in [0.717, 1.165) is 11.1 Å². The van der Waals surface area contributed by atoms with Crippen LogP contribution in [0.25, 0.3) is 28.2 Å². The Hall–Kier alpha value is -4.66. The average Bonchev–Trinajstić information content (AvgIpc) is 3.29. The SMILES string of the molecule is O=C(Cn1cnc(-c2ccccc2)cc1=O)Nc1cccc(-c2ccc3nncn3n2)c1. The molecule has 0 aliphatic rings. The van der Waals surface area contributed by atoms with E-state index in [1.807, 2.05) is 60.7 Å². The maximum absolute atomic E-state index is 12.5. The Balaban J connectivity index is 1.31. The monoisotopic (exact) mass is 423 g/mol. The van der Waals surface area contributed by atoms with Gasteiger partial charge in [0, 0.05) is 22.9 Å². The second-order valence-electron chi connectivity index (χ2n) is 7.09. The number of nitrogens with zero attached hydrogens (tertiary/aromatic N) is 6. The first-order valence-electron chi connectivity index (χ1n) is 9.85.